The third-order valence-corrected chi connectivity index (χ3v) is 1.76. The van der Waals surface area contributed by atoms with Crippen molar-refractivity contribution in [2.24, 2.45) is 0 Å². The Labute approximate surface area is 97.5 Å². The van der Waals surface area contributed by atoms with E-state index in [1.807, 2.05) is 20.8 Å². The molecule has 0 aliphatic carbocycles. The molecular formula is C12H21N3O. The average Bonchev–Trinajstić information content (AvgIpc) is 2.12. The molecule has 0 aromatic carbocycles. The van der Waals surface area contributed by atoms with Gasteiger partial charge in [0.05, 0.1) is 11.9 Å². The van der Waals surface area contributed by atoms with Crippen molar-refractivity contribution in [3.8, 4) is 5.88 Å². The highest BCUT2D eigenvalue weighted by molar-refractivity contribution is 5.09. The van der Waals surface area contributed by atoms with E-state index in [-0.39, 0.29) is 5.60 Å². The molecule has 1 rings (SSSR count). The summed E-state index contributed by atoms with van der Waals surface area (Å²) in [6.45, 7) is 10.9. The van der Waals surface area contributed by atoms with Crippen LogP contribution in [0.2, 0.25) is 0 Å². The lowest BCUT2D eigenvalue weighted by Gasteiger charge is -2.20. The minimum absolute atomic E-state index is 0.237. The summed E-state index contributed by atoms with van der Waals surface area (Å²) in [5, 5.41) is 3.29. The van der Waals surface area contributed by atoms with E-state index in [9.17, 15) is 0 Å². The Balaban J connectivity index is 2.64. The molecular weight excluding hydrogens is 202 g/mol. The maximum atomic E-state index is 5.65. The van der Waals surface area contributed by atoms with Crippen molar-refractivity contribution in [3.05, 3.63) is 18.1 Å². The molecule has 1 N–H and O–H groups in total. The molecule has 0 unspecified atom stereocenters. The van der Waals surface area contributed by atoms with Crippen LogP contribution in [0.25, 0.3) is 0 Å². The Kier molecular flexibility index (Phi) is 4.24. The van der Waals surface area contributed by atoms with Crippen molar-refractivity contribution >= 4 is 0 Å². The van der Waals surface area contributed by atoms with Gasteiger partial charge in [-0.15, -0.1) is 0 Å². The van der Waals surface area contributed by atoms with Crippen LogP contribution in [0.5, 0.6) is 5.88 Å². The van der Waals surface area contributed by atoms with E-state index >= 15 is 0 Å². The second-order valence-electron chi connectivity index (χ2n) is 5.10. The van der Waals surface area contributed by atoms with Gasteiger partial charge in [0.1, 0.15) is 5.60 Å². The van der Waals surface area contributed by atoms with Gasteiger partial charge in [-0.05, 0) is 20.8 Å². The normalized spacial score (nSPS) is 11.9. The molecule has 0 aliphatic heterocycles. The van der Waals surface area contributed by atoms with Crippen LogP contribution in [-0.4, -0.2) is 21.6 Å². The summed E-state index contributed by atoms with van der Waals surface area (Å²) in [4.78, 5) is 8.50. The number of nitrogens with one attached hydrogen (secondary N) is 1. The van der Waals surface area contributed by atoms with Gasteiger partial charge in [-0.1, -0.05) is 13.8 Å². The fourth-order valence-electron chi connectivity index (χ4n) is 1.14. The molecule has 0 saturated carbocycles. The predicted molar refractivity (Wildman–Crippen MR) is 64.4 cm³/mol. The Bertz CT molecular complexity index is 331. The Morgan fingerprint density at radius 2 is 2.00 bits per heavy atom. The van der Waals surface area contributed by atoms with E-state index in [0.29, 0.717) is 18.5 Å². The van der Waals surface area contributed by atoms with Gasteiger partial charge in [0, 0.05) is 18.8 Å². The maximum Gasteiger partial charge on any atom is 0.233 e. The zero-order valence-electron chi connectivity index (χ0n) is 10.7. The van der Waals surface area contributed by atoms with Crippen LogP contribution in [0.4, 0.5) is 0 Å². The van der Waals surface area contributed by atoms with Gasteiger partial charge in [-0.3, -0.25) is 4.98 Å². The van der Waals surface area contributed by atoms with Gasteiger partial charge in [-0.2, -0.15) is 0 Å². The SMILES string of the molecule is CC(C)NCc1cncc(OC(C)(C)C)n1. The predicted octanol–water partition coefficient (Wildman–Crippen LogP) is 2.15. The highest BCUT2D eigenvalue weighted by Gasteiger charge is 2.13. The Morgan fingerprint density at radius 1 is 1.31 bits per heavy atom. The van der Waals surface area contributed by atoms with Crippen molar-refractivity contribution in [2.75, 3.05) is 0 Å². The highest BCUT2D eigenvalue weighted by Crippen LogP contribution is 2.14. The molecule has 0 amide bonds. The first kappa shape index (κ1) is 12.9. The van der Waals surface area contributed by atoms with E-state index in [2.05, 4.69) is 29.1 Å². The minimum Gasteiger partial charge on any atom is -0.471 e. The summed E-state index contributed by atoms with van der Waals surface area (Å²) in [5.41, 5.74) is 0.661. The lowest BCUT2D eigenvalue weighted by Crippen LogP contribution is -2.25. The molecule has 4 nitrogen and oxygen atoms in total. The lowest BCUT2D eigenvalue weighted by atomic mass is 10.2. The molecule has 16 heavy (non-hydrogen) atoms. The van der Waals surface area contributed by atoms with Crippen LogP contribution in [0.15, 0.2) is 12.4 Å². The first-order valence-corrected chi connectivity index (χ1v) is 5.60. The first-order valence-electron chi connectivity index (χ1n) is 5.60. The van der Waals surface area contributed by atoms with Crippen molar-refractivity contribution in [3.63, 3.8) is 0 Å². The molecule has 0 saturated heterocycles. The zero-order valence-corrected chi connectivity index (χ0v) is 10.7. The van der Waals surface area contributed by atoms with Crippen molar-refractivity contribution in [1.82, 2.24) is 15.3 Å². The summed E-state index contributed by atoms with van der Waals surface area (Å²) < 4.78 is 5.65. The van der Waals surface area contributed by atoms with Gasteiger partial charge in [-0.25, -0.2) is 4.98 Å². The monoisotopic (exact) mass is 223 g/mol. The highest BCUT2D eigenvalue weighted by atomic mass is 16.5. The smallest absolute Gasteiger partial charge is 0.233 e. The van der Waals surface area contributed by atoms with Gasteiger partial charge < -0.3 is 10.1 Å². The van der Waals surface area contributed by atoms with Crippen LogP contribution in [0.1, 0.15) is 40.3 Å². The number of nitrogens with zero attached hydrogens (tertiary/aromatic N) is 2. The zero-order chi connectivity index (χ0) is 12.2. The van der Waals surface area contributed by atoms with Crippen LogP contribution in [-0.2, 0) is 6.54 Å². The summed E-state index contributed by atoms with van der Waals surface area (Å²) in [6, 6.07) is 0.439. The fraction of sp³-hybridized carbons (Fsp3) is 0.667. The van der Waals surface area contributed by atoms with Crippen LogP contribution in [0.3, 0.4) is 0 Å². The standard InChI is InChI=1S/C12H21N3O/c1-9(2)14-7-10-6-13-8-11(15-10)16-12(3,4)5/h6,8-9,14H,7H2,1-5H3. The molecule has 4 heteroatoms. The van der Waals surface area contributed by atoms with Gasteiger partial charge >= 0.3 is 0 Å². The van der Waals surface area contributed by atoms with Crippen molar-refractivity contribution in [1.29, 1.82) is 0 Å². The average molecular weight is 223 g/mol. The lowest BCUT2D eigenvalue weighted by molar-refractivity contribution is 0.123. The molecule has 0 fully saturated rings. The van der Waals surface area contributed by atoms with Crippen molar-refractivity contribution < 1.29 is 4.74 Å². The Morgan fingerprint density at radius 3 is 2.56 bits per heavy atom. The third kappa shape index (κ3) is 5.07. The largest absolute Gasteiger partial charge is 0.471 e. The first-order chi connectivity index (χ1) is 7.37. The number of rotatable bonds is 4. The molecule has 0 spiro atoms. The van der Waals surface area contributed by atoms with E-state index in [4.69, 9.17) is 4.74 Å². The molecule has 1 aromatic heterocycles. The van der Waals surface area contributed by atoms with E-state index in [1.165, 1.54) is 0 Å². The van der Waals surface area contributed by atoms with Crippen LogP contribution >= 0.6 is 0 Å². The topological polar surface area (TPSA) is 47.0 Å². The summed E-state index contributed by atoms with van der Waals surface area (Å²) in [6.07, 6.45) is 3.40. The Hall–Kier alpha value is -1.16. The van der Waals surface area contributed by atoms with Crippen LogP contribution < -0.4 is 10.1 Å². The molecule has 0 aliphatic rings. The van der Waals surface area contributed by atoms with Gasteiger partial charge in [0.2, 0.25) is 5.88 Å². The summed E-state index contributed by atoms with van der Waals surface area (Å²) in [5.74, 6) is 0.579. The molecule has 1 aromatic rings. The van der Waals surface area contributed by atoms with E-state index in [0.717, 1.165) is 5.69 Å². The summed E-state index contributed by atoms with van der Waals surface area (Å²) in [7, 11) is 0. The van der Waals surface area contributed by atoms with E-state index < -0.39 is 0 Å². The molecule has 90 valence electrons. The van der Waals surface area contributed by atoms with Crippen molar-refractivity contribution in [2.45, 2.75) is 52.8 Å². The van der Waals surface area contributed by atoms with Gasteiger partial charge in [0.25, 0.3) is 0 Å². The van der Waals surface area contributed by atoms with E-state index in [1.54, 1.807) is 12.4 Å². The van der Waals surface area contributed by atoms with Gasteiger partial charge in [0.15, 0.2) is 0 Å². The number of hydrogen-bond acceptors (Lipinski definition) is 4. The quantitative estimate of drug-likeness (QED) is 0.849. The molecule has 0 radical (unpaired) electrons. The number of aromatic nitrogens is 2. The fourth-order valence-corrected chi connectivity index (χ4v) is 1.14. The minimum atomic E-state index is -0.237. The molecule has 0 bridgehead atoms. The second-order valence-corrected chi connectivity index (χ2v) is 5.10. The number of ether oxygens (including phenoxy) is 1. The number of hydrogen-bond donors (Lipinski definition) is 1. The van der Waals surface area contributed by atoms with Crippen LogP contribution in [0, 0.1) is 0 Å². The second kappa shape index (κ2) is 5.25. The molecule has 1 heterocycles. The summed E-state index contributed by atoms with van der Waals surface area (Å²) >= 11 is 0. The molecule has 0 atom stereocenters. The maximum absolute atomic E-state index is 5.65. The third-order valence-electron chi connectivity index (χ3n) is 1.76.